The van der Waals surface area contributed by atoms with E-state index in [1.165, 1.54) is 29.2 Å². The number of allylic oxidation sites excluding steroid dienone is 1. The van der Waals surface area contributed by atoms with Crippen molar-refractivity contribution < 1.29 is 24.6 Å². The summed E-state index contributed by atoms with van der Waals surface area (Å²) in [5, 5.41) is 20.7. The van der Waals surface area contributed by atoms with Crippen LogP contribution in [0.25, 0.3) is 5.57 Å². The average molecular weight is 460 g/mol. The summed E-state index contributed by atoms with van der Waals surface area (Å²) in [6.45, 7) is 0. The zero-order valence-corrected chi connectivity index (χ0v) is 18.6. The molecule has 0 saturated carbocycles. The standard InChI is InChI=1S/C26H25N3O5/c1-29(26(34)28-21-13-11-18(12-14-21)25(32)33)22-8-4-6-19(16-22)23(9-2-3-10-24(30)31)20-7-5-15-27-17-20/h4-9,11-17H,2-3,10H2,1H3,(H,28,34)(H,30,31)(H,32,33). The maximum Gasteiger partial charge on any atom is 0.335 e. The van der Waals surface area contributed by atoms with Gasteiger partial charge < -0.3 is 15.5 Å². The van der Waals surface area contributed by atoms with Crippen LogP contribution in [0.1, 0.15) is 40.7 Å². The maximum atomic E-state index is 12.8. The Morgan fingerprint density at radius 2 is 1.71 bits per heavy atom. The fourth-order valence-corrected chi connectivity index (χ4v) is 3.33. The molecule has 0 bridgehead atoms. The van der Waals surface area contributed by atoms with E-state index in [2.05, 4.69) is 10.3 Å². The molecule has 0 spiro atoms. The lowest BCUT2D eigenvalue weighted by Crippen LogP contribution is -2.31. The number of anilines is 2. The molecule has 0 fully saturated rings. The van der Waals surface area contributed by atoms with E-state index in [0.29, 0.717) is 24.2 Å². The van der Waals surface area contributed by atoms with E-state index in [4.69, 9.17) is 10.2 Å². The second-order valence-corrected chi connectivity index (χ2v) is 7.57. The minimum absolute atomic E-state index is 0.0905. The van der Waals surface area contributed by atoms with Crippen molar-refractivity contribution in [1.82, 2.24) is 4.98 Å². The molecule has 0 aliphatic carbocycles. The van der Waals surface area contributed by atoms with E-state index in [1.54, 1.807) is 19.4 Å². The van der Waals surface area contributed by atoms with E-state index in [0.717, 1.165) is 16.7 Å². The lowest BCUT2D eigenvalue weighted by Gasteiger charge is -2.19. The van der Waals surface area contributed by atoms with Crippen LogP contribution in [0, 0.1) is 0 Å². The summed E-state index contributed by atoms with van der Waals surface area (Å²) in [7, 11) is 1.64. The number of carboxylic acids is 2. The Balaban J connectivity index is 1.81. The molecular weight excluding hydrogens is 434 g/mol. The van der Waals surface area contributed by atoms with E-state index in [-0.39, 0.29) is 18.0 Å². The van der Waals surface area contributed by atoms with Gasteiger partial charge in [-0.25, -0.2) is 9.59 Å². The smallest absolute Gasteiger partial charge is 0.335 e. The van der Waals surface area contributed by atoms with Crippen molar-refractivity contribution in [2.75, 3.05) is 17.3 Å². The highest BCUT2D eigenvalue weighted by atomic mass is 16.4. The molecule has 2 amide bonds. The number of carbonyl (C=O) groups excluding carboxylic acids is 1. The number of aliphatic carboxylic acids is 1. The molecule has 3 N–H and O–H groups in total. The number of hydrogen-bond donors (Lipinski definition) is 3. The van der Waals surface area contributed by atoms with Gasteiger partial charge in [-0.15, -0.1) is 0 Å². The van der Waals surface area contributed by atoms with Gasteiger partial charge >= 0.3 is 18.0 Å². The molecule has 0 aliphatic heterocycles. The normalized spacial score (nSPS) is 11.0. The Kier molecular flexibility index (Phi) is 8.12. The first-order chi connectivity index (χ1) is 16.3. The van der Waals surface area contributed by atoms with Gasteiger partial charge in [0.05, 0.1) is 5.56 Å². The van der Waals surface area contributed by atoms with Crippen molar-refractivity contribution in [3.8, 4) is 0 Å². The van der Waals surface area contributed by atoms with E-state index < -0.39 is 11.9 Å². The van der Waals surface area contributed by atoms with Crippen molar-refractivity contribution in [1.29, 1.82) is 0 Å². The number of carboxylic acid groups (broad SMARTS) is 2. The Hall–Kier alpha value is -4.46. The molecule has 3 aromatic rings. The summed E-state index contributed by atoms with van der Waals surface area (Å²) in [6.07, 6.45) is 6.61. The van der Waals surface area contributed by atoms with Gasteiger partial charge in [0.1, 0.15) is 0 Å². The third-order valence-corrected chi connectivity index (χ3v) is 5.15. The van der Waals surface area contributed by atoms with Crippen molar-refractivity contribution >= 4 is 34.9 Å². The number of nitrogens with one attached hydrogen (secondary N) is 1. The highest BCUT2D eigenvalue weighted by Gasteiger charge is 2.14. The number of aromatic carboxylic acids is 1. The van der Waals surface area contributed by atoms with Crippen LogP contribution in [0.3, 0.4) is 0 Å². The fraction of sp³-hybridized carbons (Fsp3) is 0.154. The van der Waals surface area contributed by atoms with Gasteiger partial charge in [0.2, 0.25) is 0 Å². The summed E-state index contributed by atoms with van der Waals surface area (Å²) in [6, 6.07) is 16.8. The maximum absolute atomic E-state index is 12.8. The zero-order chi connectivity index (χ0) is 24.5. The van der Waals surface area contributed by atoms with Gasteiger partial charge in [-0.3, -0.25) is 14.7 Å². The van der Waals surface area contributed by atoms with Crippen LogP contribution >= 0.6 is 0 Å². The van der Waals surface area contributed by atoms with E-state index in [9.17, 15) is 14.4 Å². The van der Waals surface area contributed by atoms with Gasteiger partial charge in [0.25, 0.3) is 0 Å². The van der Waals surface area contributed by atoms with Gasteiger partial charge in [-0.1, -0.05) is 24.3 Å². The number of urea groups is 1. The highest BCUT2D eigenvalue weighted by Crippen LogP contribution is 2.27. The number of carbonyl (C=O) groups is 3. The number of benzene rings is 2. The fourth-order valence-electron chi connectivity index (χ4n) is 3.33. The number of hydrogen-bond acceptors (Lipinski definition) is 4. The van der Waals surface area contributed by atoms with Gasteiger partial charge in [0.15, 0.2) is 0 Å². The first-order valence-electron chi connectivity index (χ1n) is 10.7. The molecular formula is C26H25N3O5. The lowest BCUT2D eigenvalue weighted by molar-refractivity contribution is -0.137. The van der Waals surface area contributed by atoms with E-state index >= 15 is 0 Å². The third kappa shape index (κ3) is 6.52. The number of amides is 2. The van der Waals surface area contributed by atoms with Crippen molar-refractivity contribution in [2.45, 2.75) is 19.3 Å². The first-order valence-corrected chi connectivity index (χ1v) is 10.7. The molecule has 0 atom stereocenters. The highest BCUT2D eigenvalue weighted by molar-refractivity contribution is 6.02. The Morgan fingerprint density at radius 1 is 0.971 bits per heavy atom. The van der Waals surface area contributed by atoms with E-state index in [1.807, 2.05) is 42.5 Å². The van der Waals surface area contributed by atoms with Crippen LogP contribution < -0.4 is 10.2 Å². The van der Waals surface area contributed by atoms with Crippen LogP contribution in [0.2, 0.25) is 0 Å². The third-order valence-electron chi connectivity index (χ3n) is 5.15. The van der Waals surface area contributed by atoms with Crippen LogP contribution in [0.15, 0.2) is 79.1 Å². The Morgan fingerprint density at radius 3 is 2.35 bits per heavy atom. The second kappa shape index (κ2) is 11.4. The number of nitrogens with zero attached hydrogens (tertiary/aromatic N) is 2. The molecule has 0 unspecified atom stereocenters. The van der Waals surface area contributed by atoms with Crippen LogP contribution in [0.4, 0.5) is 16.2 Å². The summed E-state index contributed by atoms with van der Waals surface area (Å²) in [4.78, 5) is 40.3. The number of aromatic nitrogens is 1. The molecule has 0 saturated heterocycles. The molecule has 0 aliphatic rings. The molecule has 1 heterocycles. The molecule has 2 aromatic carbocycles. The summed E-state index contributed by atoms with van der Waals surface area (Å²) in [5.41, 5.74) is 3.92. The summed E-state index contributed by atoms with van der Waals surface area (Å²) < 4.78 is 0. The SMILES string of the molecule is CN(C(=O)Nc1ccc(C(=O)O)cc1)c1cccc(C(=CCCCC(=O)O)c2cccnc2)c1. The molecule has 1 aromatic heterocycles. The van der Waals surface area contributed by atoms with Crippen LogP contribution in [-0.4, -0.2) is 40.2 Å². The minimum Gasteiger partial charge on any atom is -0.481 e. The van der Waals surface area contributed by atoms with Crippen molar-refractivity contribution in [2.24, 2.45) is 0 Å². The predicted molar refractivity (Wildman–Crippen MR) is 130 cm³/mol. The van der Waals surface area contributed by atoms with Gasteiger partial charge in [0, 0.05) is 42.8 Å². The molecule has 0 radical (unpaired) electrons. The minimum atomic E-state index is -1.03. The Labute approximate surface area is 197 Å². The monoisotopic (exact) mass is 459 g/mol. The predicted octanol–water partition coefficient (Wildman–Crippen LogP) is 5.13. The first kappa shape index (κ1) is 24.2. The molecule has 3 rings (SSSR count). The van der Waals surface area contributed by atoms with Crippen LogP contribution in [-0.2, 0) is 4.79 Å². The summed E-state index contributed by atoms with van der Waals surface area (Å²) in [5.74, 6) is -1.86. The molecule has 8 nitrogen and oxygen atoms in total. The molecule has 174 valence electrons. The summed E-state index contributed by atoms with van der Waals surface area (Å²) >= 11 is 0. The lowest BCUT2D eigenvalue weighted by atomic mass is 9.97. The quantitative estimate of drug-likeness (QED) is 0.381. The zero-order valence-electron chi connectivity index (χ0n) is 18.6. The van der Waals surface area contributed by atoms with Crippen LogP contribution in [0.5, 0.6) is 0 Å². The Bertz CT molecular complexity index is 1190. The van der Waals surface area contributed by atoms with Gasteiger partial charge in [-0.2, -0.15) is 0 Å². The number of unbranched alkanes of at least 4 members (excludes halogenated alkanes) is 1. The van der Waals surface area contributed by atoms with Gasteiger partial charge in [-0.05, 0) is 66.4 Å². The van der Waals surface area contributed by atoms with Crippen molar-refractivity contribution in [3.05, 3.63) is 95.8 Å². The molecule has 8 heteroatoms. The second-order valence-electron chi connectivity index (χ2n) is 7.57. The van der Waals surface area contributed by atoms with Crippen molar-refractivity contribution in [3.63, 3.8) is 0 Å². The topological polar surface area (TPSA) is 120 Å². The number of pyridine rings is 1. The largest absolute Gasteiger partial charge is 0.481 e. The molecule has 34 heavy (non-hydrogen) atoms. The number of rotatable bonds is 9. The average Bonchev–Trinajstić information content (AvgIpc) is 2.84.